The summed E-state index contributed by atoms with van der Waals surface area (Å²) in [6.45, 7) is 0. The van der Waals surface area contributed by atoms with Crippen molar-refractivity contribution in [2.45, 2.75) is 19.3 Å². The van der Waals surface area contributed by atoms with E-state index in [1.807, 2.05) is 0 Å². The summed E-state index contributed by atoms with van der Waals surface area (Å²) in [5.74, 6) is -5.71. The van der Waals surface area contributed by atoms with Gasteiger partial charge in [-0.25, -0.2) is 0 Å². The standard InChI is InChI=1S/2C18H11NO8S2.Na/c2*20-16-11-5-3-7-13(28(22,23)24)15(11)17(21)18(16,29(25,26)27)14-9-8-10-4-1-2-6-12(10)19-14;/h2*1-9H,(H,22,23,24)(H,25,26,27);/q;;+1. The smallest absolute Gasteiger partial charge is 0.291 e. The van der Waals surface area contributed by atoms with Crippen molar-refractivity contribution in [3.63, 3.8) is 0 Å². The van der Waals surface area contributed by atoms with E-state index in [-0.39, 0.29) is 40.6 Å². The topological polar surface area (TPSA) is 312 Å². The molecule has 2 unspecified atom stereocenters. The molecule has 23 heteroatoms. The first-order valence-corrected chi connectivity index (χ1v) is 21.8. The molecule has 4 aromatic carbocycles. The van der Waals surface area contributed by atoms with E-state index < -0.39 is 117 Å². The molecule has 6 aromatic rings. The summed E-state index contributed by atoms with van der Waals surface area (Å²) < 4.78 is 129. The van der Waals surface area contributed by atoms with Crippen LogP contribution in [0.3, 0.4) is 0 Å². The van der Waals surface area contributed by atoms with Gasteiger partial charge in [0.15, 0.2) is 0 Å². The fraction of sp³-hybridized carbons (Fsp3) is 0.0556. The average molecular weight is 890 g/mol. The van der Waals surface area contributed by atoms with Crippen LogP contribution in [0.5, 0.6) is 0 Å². The minimum absolute atomic E-state index is 0. The van der Waals surface area contributed by atoms with Gasteiger partial charge in [0.25, 0.3) is 50.0 Å². The van der Waals surface area contributed by atoms with Crippen LogP contribution in [0.2, 0.25) is 0 Å². The maximum Gasteiger partial charge on any atom is 1.00 e. The summed E-state index contributed by atoms with van der Waals surface area (Å²) in [5, 5.41) is 1.16. The first kappa shape index (κ1) is 43.6. The van der Waals surface area contributed by atoms with Crippen molar-refractivity contribution in [3.05, 3.63) is 143 Å². The number of Topliss-reactive ketones (excluding diaryl/α,β-unsaturated/α-hetero) is 4. The molecule has 0 spiro atoms. The van der Waals surface area contributed by atoms with Crippen molar-refractivity contribution >= 4 is 85.4 Å². The van der Waals surface area contributed by atoms with E-state index >= 15 is 0 Å². The first-order chi connectivity index (χ1) is 27.0. The number of carbonyl (C=O) groups is 4. The van der Waals surface area contributed by atoms with Crippen molar-refractivity contribution in [2.24, 2.45) is 0 Å². The normalized spacial score (nSPS) is 19.2. The Labute approximate surface area is 355 Å². The summed E-state index contributed by atoms with van der Waals surface area (Å²) in [5.41, 5.74) is -3.40. The zero-order valence-corrected chi connectivity index (χ0v) is 34.9. The first-order valence-electron chi connectivity index (χ1n) is 16.1. The Morgan fingerprint density at radius 2 is 0.746 bits per heavy atom. The number of hydrogen-bond donors (Lipinski definition) is 4. The number of nitrogens with zero attached hydrogens (tertiary/aromatic N) is 2. The van der Waals surface area contributed by atoms with Crippen molar-refractivity contribution in [2.75, 3.05) is 0 Å². The van der Waals surface area contributed by atoms with E-state index in [9.17, 15) is 71.1 Å². The Morgan fingerprint density at radius 3 is 1.07 bits per heavy atom. The Morgan fingerprint density at radius 1 is 0.407 bits per heavy atom. The summed E-state index contributed by atoms with van der Waals surface area (Å²) in [4.78, 5) is 58.9. The number of fused-ring (bicyclic) bond motifs is 4. The number of aromatic nitrogens is 2. The third kappa shape index (κ3) is 6.56. The van der Waals surface area contributed by atoms with Crippen LogP contribution < -0.4 is 29.6 Å². The Balaban J connectivity index is 0.000000195. The van der Waals surface area contributed by atoms with Crippen LogP contribution in [-0.2, 0) is 50.0 Å². The molecule has 296 valence electrons. The van der Waals surface area contributed by atoms with Crippen LogP contribution in [0.15, 0.2) is 119 Å². The molecule has 0 saturated carbocycles. The molecule has 2 atom stereocenters. The number of para-hydroxylation sites is 2. The Kier molecular flexibility index (Phi) is 10.8. The molecule has 4 N–H and O–H groups in total. The molecule has 18 nitrogen and oxygen atoms in total. The number of ketones is 4. The average Bonchev–Trinajstić information content (AvgIpc) is 3.54. The van der Waals surface area contributed by atoms with Crippen molar-refractivity contribution < 1.29 is 101 Å². The van der Waals surface area contributed by atoms with E-state index in [0.717, 1.165) is 48.5 Å². The summed E-state index contributed by atoms with van der Waals surface area (Å²) in [6.07, 6.45) is 0. The molecule has 0 radical (unpaired) electrons. The van der Waals surface area contributed by atoms with Crippen LogP contribution in [0.1, 0.15) is 52.8 Å². The van der Waals surface area contributed by atoms with Crippen molar-refractivity contribution in [1.82, 2.24) is 9.97 Å². The van der Waals surface area contributed by atoms with E-state index in [1.54, 1.807) is 36.4 Å². The molecule has 0 bridgehead atoms. The van der Waals surface area contributed by atoms with Crippen molar-refractivity contribution in [3.8, 4) is 0 Å². The monoisotopic (exact) mass is 889 g/mol. The largest absolute Gasteiger partial charge is 1.00 e. The van der Waals surface area contributed by atoms with Gasteiger partial charge in [-0.05, 0) is 36.4 Å². The third-order valence-electron chi connectivity index (χ3n) is 9.52. The fourth-order valence-corrected chi connectivity index (χ4v) is 10.5. The molecule has 2 heterocycles. The minimum Gasteiger partial charge on any atom is -0.291 e. The number of pyridine rings is 2. The van der Waals surface area contributed by atoms with Crippen LogP contribution in [0.4, 0.5) is 0 Å². The summed E-state index contributed by atoms with van der Waals surface area (Å²) >= 11 is 0. The van der Waals surface area contributed by atoms with Crippen LogP contribution in [0, 0.1) is 0 Å². The van der Waals surface area contributed by atoms with Gasteiger partial charge < -0.3 is 0 Å². The molecule has 0 saturated heterocycles. The third-order valence-corrected chi connectivity index (χ3v) is 14.0. The molecule has 2 aromatic heterocycles. The van der Waals surface area contributed by atoms with Gasteiger partial charge >= 0.3 is 29.6 Å². The second kappa shape index (κ2) is 14.6. The molecule has 0 fully saturated rings. The second-order valence-corrected chi connectivity index (χ2v) is 18.6. The van der Waals surface area contributed by atoms with E-state index in [4.69, 9.17) is 0 Å². The van der Waals surface area contributed by atoms with Crippen molar-refractivity contribution in [1.29, 1.82) is 0 Å². The van der Waals surface area contributed by atoms with Crippen LogP contribution in [0.25, 0.3) is 21.8 Å². The minimum atomic E-state index is -5.45. The molecular formula is C36H22N2NaO16S4+. The summed E-state index contributed by atoms with van der Waals surface area (Å²) in [7, 11) is -20.8. The molecule has 0 aliphatic heterocycles. The number of carbonyl (C=O) groups excluding carboxylic acids is 4. The predicted octanol–water partition coefficient (Wildman–Crippen LogP) is 0.292. The number of benzene rings is 4. The SMILES string of the molecule is O=C1c2cccc(S(=O)(=O)O)c2C(=O)C1(c1ccc2ccccc2n1)S(=O)(=O)O.O=C1c2cccc(S(=O)(=O)O)c2C(=O)C1(c1ccc2ccccc2n1)S(=O)(=O)O.[Na+]. The van der Waals surface area contributed by atoms with E-state index in [2.05, 4.69) is 9.97 Å². The predicted molar refractivity (Wildman–Crippen MR) is 200 cm³/mol. The van der Waals surface area contributed by atoms with Gasteiger partial charge in [-0.15, -0.1) is 0 Å². The Bertz CT molecular complexity index is 3120. The molecule has 59 heavy (non-hydrogen) atoms. The maximum absolute atomic E-state index is 13.2. The van der Waals surface area contributed by atoms with Gasteiger partial charge in [-0.3, -0.25) is 47.4 Å². The molecule has 8 rings (SSSR count). The Hall–Kier alpha value is -4.98. The molecule has 2 aliphatic carbocycles. The van der Waals surface area contributed by atoms with Gasteiger partial charge in [-0.1, -0.05) is 72.8 Å². The van der Waals surface area contributed by atoms with Crippen LogP contribution in [-0.4, -0.2) is 85.0 Å². The summed E-state index contributed by atoms with van der Waals surface area (Å²) in [6, 6.07) is 23.9. The quantitative estimate of drug-likeness (QED) is 0.0992. The van der Waals surface area contributed by atoms with Gasteiger partial charge in [0, 0.05) is 21.9 Å². The van der Waals surface area contributed by atoms with E-state index in [0.29, 0.717) is 10.8 Å². The molecule has 2 aliphatic rings. The van der Waals surface area contributed by atoms with Gasteiger partial charge in [0.1, 0.15) is 9.79 Å². The molecular weight excluding hydrogens is 868 g/mol. The van der Waals surface area contributed by atoms with Gasteiger partial charge in [0.05, 0.1) is 33.5 Å². The molecule has 0 amide bonds. The fourth-order valence-electron chi connectivity index (χ4n) is 7.00. The maximum atomic E-state index is 13.2. The van der Waals surface area contributed by atoms with E-state index in [1.165, 1.54) is 24.3 Å². The number of hydrogen-bond acceptors (Lipinski definition) is 14. The zero-order chi connectivity index (χ0) is 42.4. The van der Waals surface area contributed by atoms with Gasteiger partial charge in [-0.2, -0.15) is 33.7 Å². The number of rotatable bonds is 6. The second-order valence-electron chi connectivity index (χ2n) is 12.7. The van der Waals surface area contributed by atoms with Gasteiger partial charge in [0.2, 0.25) is 23.1 Å². The van der Waals surface area contributed by atoms with Crippen LogP contribution >= 0.6 is 0 Å². The zero-order valence-electron chi connectivity index (χ0n) is 29.6.